The lowest BCUT2D eigenvalue weighted by molar-refractivity contribution is -0.114. The van der Waals surface area contributed by atoms with Crippen molar-refractivity contribution in [2.45, 2.75) is 4.90 Å². The van der Waals surface area contributed by atoms with Gasteiger partial charge in [-0.25, -0.2) is 8.42 Å². The molecule has 3 aromatic rings. The van der Waals surface area contributed by atoms with Crippen LogP contribution in [0.4, 0.5) is 11.4 Å². The van der Waals surface area contributed by atoms with E-state index in [-0.39, 0.29) is 27.4 Å². The van der Waals surface area contributed by atoms with Gasteiger partial charge in [0.2, 0.25) is 12.7 Å². The third-order valence-corrected chi connectivity index (χ3v) is 6.78. The second kappa shape index (κ2) is 8.66. The first-order chi connectivity index (χ1) is 14.8. The molecule has 0 aliphatic carbocycles. The second-order valence-electron chi connectivity index (χ2n) is 6.54. The van der Waals surface area contributed by atoms with E-state index >= 15 is 0 Å². The third-order valence-electron chi connectivity index (χ3n) is 4.45. The number of nitrogens with one attached hydrogen (secondary N) is 1. The molecule has 0 unspecified atom stereocenters. The number of nitrogens with zero attached hydrogens (tertiary/aromatic N) is 1. The summed E-state index contributed by atoms with van der Waals surface area (Å²) in [6.07, 6.45) is 0. The van der Waals surface area contributed by atoms with Crippen LogP contribution < -0.4 is 19.1 Å². The van der Waals surface area contributed by atoms with Crippen molar-refractivity contribution in [1.29, 1.82) is 0 Å². The number of halogens is 2. The van der Waals surface area contributed by atoms with Crippen molar-refractivity contribution < 1.29 is 22.7 Å². The highest BCUT2D eigenvalue weighted by Crippen LogP contribution is 2.35. The van der Waals surface area contributed by atoms with E-state index in [9.17, 15) is 13.2 Å². The average Bonchev–Trinajstić information content (AvgIpc) is 3.22. The molecular weight excluding hydrogens is 463 g/mol. The van der Waals surface area contributed by atoms with Crippen LogP contribution in [0.2, 0.25) is 10.0 Å². The molecule has 4 rings (SSSR count). The minimum atomic E-state index is -4.11. The number of rotatable bonds is 6. The normalized spacial score (nSPS) is 12.5. The Labute approximate surface area is 189 Å². The predicted molar refractivity (Wildman–Crippen MR) is 119 cm³/mol. The van der Waals surface area contributed by atoms with Gasteiger partial charge in [-0.1, -0.05) is 41.4 Å². The molecule has 1 amide bonds. The van der Waals surface area contributed by atoms with E-state index < -0.39 is 22.5 Å². The first-order valence-electron chi connectivity index (χ1n) is 9.07. The molecule has 1 aliphatic heterocycles. The number of carbonyl (C=O) groups excluding carboxylic acids is 1. The minimum absolute atomic E-state index is 0.0157. The summed E-state index contributed by atoms with van der Waals surface area (Å²) < 4.78 is 38.2. The molecule has 7 nitrogen and oxygen atoms in total. The molecule has 0 saturated carbocycles. The number of hydrogen-bond donors (Lipinski definition) is 1. The maximum atomic E-state index is 13.3. The highest BCUT2D eigenvalue weighted by molar-refractivity contribution is 7.92. The smallest absolute Gasteiger partial charge is 0.264 e. The number of amides is 1. The van der Waals surface area contributed by atoms with Crippen molar-refractivity contribution >= 4 is 50.5 Å². The number of carbonyl (C=O) groups is 1. The van der Waals surface area contributed by atoms with Crippen molar-refractivity contribution in [3.63, 3.8) is 0 Å². The third kappa shape index (κ3) is 4.56. The summed E-state index contributed by atoms with van der Waals surface area (Å²) >= 11 is 12.3. The van der Waals surface area contributed by atoms with E-state index in [0.29, 0.717) is 17.2 Å². The van der Waals surface area contributed by atoms with E-state index in [2.05, 4.69) is 5.32 Å². The van der Waals surface area contributed by atoms with Gasteiger partial charge in [0.1, 0.15) is 6.54 Å². The van der Waals surface area contributed by atoms with E-state index in [1.807, 2.05) is 0 Å². The zero-order valence-corrected chi connectivity index (χ0v) is 18.2. The minimum Gasteiger partial charge on any atom is -0.454 e. The zero-order valence-electron chi connectivity index (χ0n) is 15.9. The van der Waals surface area contributed by atoms with Gasteiger partial charge >= 0.3 is 0 Å². The highest BCUT2D eigenvalue weighted by Gasteiger charge is 2.29. The van der Waals surface area contributed by atoms with Crippen LogP contribution in [0.1, 0.15) is 0 Å². The number of benzene rings is 3. The van der Waals surface area contributed by atoms with Gasteiger partial charge in [-0.15, -0.1) is 0 Å². The highest BCUT2D eigenvalue weighted by atomic mass is 35.5. The van der Waals surface area contributed by atoms with Crippen molar-refractivity contribution in [3.8, 4) is 11.5 Å². The molecule has 160 valence electrons. The first kappa shape index (κ1) is 21.3. The van der Waals surface area contributed by atoms with Crippen LogP contribution in [-0.4, -0.2) is 27.7 Å². The molecule has 0 bridgehead atoms. The van der Waals surface area contributed by atoms with Gasteiger partial charge in [-0.3, -0.25) is 9.10 Å². The molecular formula is C21H16Cl2N2O5S. The Morgan fingerprint density at radius 3 is 2.48 bits per heavy atom. The standard InChI is InChI=1S/C21H16Cl2N2O5S/c22-14-6-8-17(23)18(10-14)25(31(27,28)16-4-2-1-3-5-16)12-21(26)24-15-7-9-19-20(11-15)30-13-29-19/h1-11H,12-13H2,(H,24,26). The Bertz CT molecular complexity index is 1240. The molecule has 0 radical (unpaired) electrons. The molecule has 1 N–H and O–H groups in total. The molecule has 0 atom stereocenters. The second-order valence-corrected chi connectivity index (χ2v) is 9.24. The molecule has 1 aliphatic rings. The summed E-state index contributed by atoms with van der Waals surface area (Å²) in [5.41, 5.74) is 0.530. The molecule has 0 spiro atoms. The molecule has 0 aromatic heterocycles. The lowest BCUT2D eigenvalue weighted by atomic mass is 10.2. The lowest BCUT2D eigenvalue weighted by Gasteiger charge is -2.25. The summed E-state index contributed by atoms with van der Waals surface area (Å²) in [6, 6.07) is 17.1. The maximum absolute atomic E-state index is 13.3. The molecule has 10 heteroatoms. The average molecular weight is 479 g/mol. The number of sulfonamides is 1. The summed E-state index contributed by atoms with van der Waals surface area (Å²) in [5.74, 6) is 0.482. The van der Waals surface area contributed by atoms with Crippen LogP contribution in [0.25, 0.3) is 0 Å². The van der Waals surface area contributed by atoms with E-state index in [4.69, 9.17) is 32.7 Å². The number of fused-ring (bicyclic) bond motifs is 1. The Hall–Kier alpha value is -2.94. The van der Waals surface area contributed by atoms with Crippen LogP contribution >= 0.6 is 23.2 Å². The van der Waals surface area contributed by atoms with Gasteiger partial charge in [0.25, 0.3) is 10.0 Å². The first-order valence-corrected chi connectivity index (χ1v) is 11.3. The summed E-state index contributed by atoms with van der Waals surface area (Å²) in [6.45, 7) is -0.422. The van der Waals surface area contributed by atoms with Crippen LogP contribution in [0, 0.1) is 0 Å². The fraction of sp³-hybridized carbons (Fsp3) is 0.0952. The van der Waals surface area contributed by atoms with Crippen LogP contribution in [0.15, 0.2) is 71.6 Å². The zero-order chi connectivity index (χ0) is 22.0. The number of hydrogen-bond acceptors (Lipinski definition) is 5. The van der Waals surface area contributed by atoms with Crippen LogP contribution in [0.5, 0.6) is 11.5 Å². The van der Waals surface area contributed by atoms with Crippen molar-refractivity contribution in [2.75, 3.05) is 23.0 Å². The Morgan fingerprint density at radius 1 is 0.968 bits per heavy atom. The van der Waals surface area contributed by atoms with E-state index in [1.54, 1.807) is 36.4 Å². The topological polar surface area (TPSA) is 84.9 Å². The molecule has 3 aromatic carbocycles. The Balaban J connectivity index is 1.66. The largest absolute Gasteiger partial charge is 0.454 e. The quantitative estimate of drug-likeness (QED) is 0.561. The molecule has 0 fully saturated rings. The van der Waals surface area contributed by atoms with Crippen LogP contribution in [0.3, 0.4) is 0 Å². The molecule has 1 heterocycles. The maximum Gasteiger partial charge on any atom is 0.264 e. The predicted octanol–water partition coefficient (Wildman–Crippen LogP) is 4.56. The molecule has 31 heavy (non-hydrogen) atoms. The number of ether oxygens (including phenoxy) is 2. The van der Waals surface area contributed by atoms with E-state index in [0.717, 1.165) is 4.31 Å². The summed E-state index contributed by atoms with van der Waals surface area (Å²) in [4.78, 5) is 12.8. The van der Waals surface area contributed by atoms with Gasteiger partial charge in [-0.05, 0) is 42.5 Å². The monoisotopic (exact) mass is 478 g/mol. The Morgan fingerprint density at radius 2 is 1.71 bits per heavy atom. The molecule has 0 saturated heterocycles. The van der Waals surface area contributed by atoms with Gasteiger partial charge in [0, 0.05) is 16.8 Å². The SMILES string of the molecule is O=C(CN(c1cc(Cl)ccc1Cl)S(=O)(=O)c1ccccc1)Nc1ccc2c(c1)OCO2. The number of anilines is 2. The van der Waals surface area contributed by atoms with Gasteiger partial charge in [0.05, 0.1) is 15.6 Å². The van der Waals surface area contributed by atoms with Crippen LogP contribution in [-0.2, 0) is 14.8 Å². The van der Waals surface area contributed by atoms with Crippen molar-refractivity contribution in [2.24, 2.45) is 0 Å². The van der Waals surface area contributed by atoms with E-state index in [1.165, 1.54) is 30.3 Å². The fourth-order valence-corrected chi connectivity index (χ4v) is 4.89. The fourth-order valence-electron chi connectivity index (χ4n) is 3.00. The summed E-state index contributed by atoms with van der Waals surface area (Å²) in [5, 5.41) is 3.09. The summed E-state index contributed by atoms with van der Waals surface area (Å²) in [7, 11) is -4.11. The lowest BCUT2D eigenvalue weighted by Crippen LogP contribution is -2.38. The van der Waals surface area contributed by atoms with Crippen molar-refractivity contribution in [3.05, 3.63) is 76.8 Å². The Kier molecular flexibility index (Phi) is 5.95. The van der Waals surface area contributed by atoms with Gasteiger partial charge in [-0.2, -0.15) is 0 Å². The van der Waals surface area contributed by atoms with Gasteiger partial charge < -0.3 is 14.8 Å². The van der Waals surface area contributed by atoms with Gasteiger partial charge in [0.15, 0.2) is 11.5 Å². The van der Waals surface area contributed by atoms with Crippen molar-refractivity contribution in [1.82, 2.24) is 0 Å².